The summed E-state index contributed by atoms with van der Waals surface area (Å²) in [6.45, 7) is 0. The molecule has 26 heavy (non-hydrogen) atoms. The van der Waals surface area contributed by atoms with Crippen LogP contribution in [0, 0.1) is 0 Å². The summed E-state index contributed by atoms with van der Waals surface area (Å²) >= 11 is 0. The van der Waals surface area contributed by atoms with Crippen LogP contribution in [0.1, 0.15) is 12.0 Å². The third kappa shape index (κ3) is 2.37. The lowest BCUT2D eigenvalue weighted by Crippen LogP contribution is -2.19. The second-order valence-corrected chi connectivity index (χ2v) is 6.36. The lowest BCUT2D eigenvalue weighted by molar-refractivity contribution is -0.116. The molecule has 0 saturated carbocycles. The van der Waals surface area contributed by atoms with Crippen LogP contribution in [0.5, 0.6) is 0 Å². The number of imidazole rings is 1. The zero-order valence-electron chi connectivity index (χ0n) is 14.0. The molecule has 2 aromatic heterocycles. The Morgan fingerprint density at radius 3 is 2.77 bits per heavy atom. The molecule has 4 aromatic rings. The second-order valence-electron chi connectivity index (χ2n) is 6.36. The average molecular weight is 340 g/mol. The van der Waals surface area contributed by atoms with Gasteiger partial charge in [-0.25, -0.2) is 9.97 Å². The average Bonchev–Trinajstić information content (AvgIpc) is 3.11. The Labute approximate surface area is 150 Å². The topological polar surface area (TPSA) is 59.8 Å². The lowest BCUT2D eigenvalue weighted by atomic mass is 9.95. The van der Waals surface area contributed by atoms with E-state index in [0.717, 1.165) is 45.8 Å². The first-order chi connectivity index (χ1) is 12.8. The molecule has 0 aliphatic carbocycles. The number of carbonyl (C=O) groups is 1. The molecular formula is C21H16N4O. The van der Waals surface area contributed by atoms with Gasteiger partial charge >= 0.3 is 0 Å². The Morgan fingerprint density at radius 1 is 0.923 bits per heavy atom. The predicted molar refractivity (Wildman–Crippen MR) is 101 cm³/mol. The maximum absolute atomic E-state index is 11.7. The van der Waals surface area contributed by atoms with Gasteiger partial charge in [-0.3, -0.25) is 9.36 Å². The van der Waals surface area contributed by atoms with Crippen molar-refractivity contribution in [1.82, 2.24) is 14.5 Å². The van der Waals surface area contributed by atoms with E-state index < -0.39 is 0 Å². The molecule has 1 amide bonds. The number of carbonyl (C=O) groups excluding carboxylic acids is 1. The van der Waals surface area contributed by atoms with Gasteiger partial charge in [0.15, 0.2) is 0 Å². The van der Waals surface area contributed by atoms with E-state index in [1.165, 1.54) is 0 Å². The van der Waals surface area contributed by atoms with Gasteiger partial charge in [0.05, 0.1) is 16.7 Å². The van der Waals surface area contributed by atoms with Gasteiger partial charge in [0.1, 0.15) is 12.1 Å². The number of para-hydroxylation sites is 2. The molecule has 1 N–H and O–H groups in total. The van der Waals surface area contributed by atoms with Crippen LogP contribution in [0.25, 0.3) is 28.1 Å². The van der Waals surface area contributed by atoms with Crippen molar-refractivity contribution in [3.8, 4) is 17.1 Å². The number of hydrogen-bond acceptors (Lipinski definition) is 3. The molecule has 0 spiro atoms. The standard InChI is InChI=1S/C21H16N4O/c26-21-12-11-15-14(5-3-7-17(15)24-21)16-8-4-10-20(23-16)25-13-22-18-6-1-2-9-19(18)25/h1-10,13H,11-12H2,(H,24,26). The van der Waals surface area contributed by atoms with Crippen molar-refractivity contribution in [2.24, 2.45) is 0 Å². The minimum Gasteiger partial charge on any atom is -0.326 e. The zero-order chi connectivity index (χ0) is 17.5. The van der Waals surface area contributed by atoms with E-state index in [9.17, 15) is 4.79 Å². The normalized spacial score (nSPS) is 13.5. The third-order valence-electron chi connectivity index (χ3n) is 4.76. The molecule has 2 aromatic carbocycles. The summed E-state index contributed by atoms with van der Waals surface area (Å²) < 4.78 is 2.00. The summed E-state index contributed by atoms with van der Waals surface area (Å²) in [6, 6.07) is 20.0. The van der Waals surface area contributed by atoms with E-state index in [1.807, 2.05) is 59.2 Å². The minimum absolute atomic E-state index is 0.0706. The molecule has 1 aliphatic rings. The Balaban J connectivity index is 1.64. The highest BCUT2D eigenvalue weighted by atomic mass is 16.1. The zero-order valence-corrected chi connectivity index (χ0v) is 14.0. The van der Waals surface area contributed by atoms with Gasteiger partial charge in [0.25, 0.3) is 0 Å². The number of pyridine rings is 1. The first-order valence-corrected chi connectivity index (χ1v) is 8.61. The van der Waals surface area contributed by atoms with Crippen LogP contribution < -0.4 is 5.32 Å². The molecular weight excluding hydrogens is 324 g/mol. The third-order valence-corrected chi connectivity index (χ3v) is 4.76. The fraction of sp³-hybridized carbons (Fsp3) is 0.0952. The number of fused-ring (bicyclic) bond motifs is 2. The van der Waals surface area contributed by atoms with Gasteiger partial charge in [0.2, 0.25) is 5.91 Å². The summed E-state index contributed by atoms with van der Waals surface area (Å²) in [5.74, 6) is 0.898. The number of aromatic nitrogens is 3. The highest BCUT2D eigenvalue weighted by molar-refractivity contribution is 5.95. The maximum atomic E-state index is 11.7. The first kappa shape index (κ1) is 14.8. The van der Waals surface area contributed by atoms with Crippen molar-refractivity contribution in [3.63, 3.8) is 0 Å². The molecule has 0 bridgehead atoms. The van der Waals surface area contributed by atoms with Crippen LogP contribution in [0.15, 0.2) is 67.0 Å². The maximum Gasteiger partial charge on any atom is 0.224 e. The van der Waals surface area contributed by atoms with Gasteiger partial charge in [-0.2, -0.15) is 0 Å². The van der Waals surface area contributed by atoms with E-state index in [0.29, 0.717) is 6.42 Å². The molecule has 3 heterocycles. The molecule has 0 saturated heterocycles. The molecule has 0 atom stereocenters. The monoisotopic (exact) mass is 340 g/mol. The van der Waals surface area contributed by atoms with E-state index >= 15 is 0 Å². The Morgan fingerprint density at radius 2 is 1.81 bits per heavy atom. The number of anilines is 1. The van der Waals surface area contributed by atoms with Gasteiger partial charge in [0, 0.05) is 17.7 Å². The summed E-state index contributed by atoms with van der Waals surface area (Å²) in [5, 5.41) is 2.95. The number of nitrogens with zero attached hydrogens (tertiary/aromatic N) is 3. The van der Waals surface area contributed by atoms with Crippen LogP contribution in [0.2, 0.25) is 0 Å². The quantitative estimate of drug-likeness (QED) is 0.600. The van der Waals surface area contributed by atoms with Crippen molar-refractivity contribution in [3.05, 3.63) is 72.6 Å². The molecule has 0 radical (unpaired) electrons. The summed E-state index contributed by atoms with van der Waals surface area (Å²) in [4.78, 5) is 21.0. The fourth-order valence-corrected chi connectivity index (χ4v) is 3.51. The van der Waals surface area contributed by atoms with E-state index in [4.69, 9.17) is 4.98 Å². The summed E-state index contributed by atoms with van der Waals surface area (Å²) in [5.41, 5.74) is 5.97. The molecule has 0 fully saturated rings. The highest BCUT2D eigenvalue weighted by Gasteiger charge is 2.19. The van der Waals surface area contributed by atoms with Crippen molar-refractivity contribution < 1.29 is 4.79 Å². The van der Waals surface area contributed by atoms with Crippen LogP contribution in [-0.4, -0.2) is 20.4 Å². The van der Waals surface area contributed by atoms with Crippen molar-refractivity contribution in [1.29, 1.82) is 0 Å². The smallest absolute Gasteiger partial charge is 0.224 e. The predicted octanol–water partition coefficient (Wildman–Crippen LogP) is 3.97. The van der Waals surface area contributed by atoms with Gasteiger partial charge in [-0.1, -0.05) is 30.3 Å². The largest absolute Gasteiger partial charge is 0.326 e. The number of rotatable bonds is 2. The Bertz CT molecular complexity index is 1150. The summed E-state index contributed by atoms with van der Waals surface area (Å²) in [7, 11) is 0. The molecule has 1 aliphatic heterocycles. The SMILES string of the molecule is O=C1CCc2c(cccc2-c2cccc(-n3cnc4ccccc43)n2)N1. The number of nitrogens with one attached hydrogen (secondary N) is 1. The van der Waals surface area contributed by atoms with Gasteiger partial charge in [-0.15, -0.1) is 0 Å². The fourth-order valence-electron chi connectivity index (χ4n) is 3.51. The molecule has 0 unspecified atom stereocenters. The lowest BCUT2D eigenvalue weighted by Gasteiger charge is -2.20. The number of benzene rings is 2. The first-order valence-electron chi connectivity index (χ1n) is 8.61. The molecule has 126 valence electrons. The van der Waals surface area contributed by atoms with Crippen LogP contribution in [0.4, 0.5) is 5.69 Å². The van der Waals surface area contributed by atoms with Gasteiger partial charge in [-0.05, 0) is 42.3 Å². The summed E-state index contributed by atoms with van der Waals surface area (Å²) in [6.07, 6.45) is 3.05. The van der Waals surface area contributed by atoms with E-state index in [-0.39, 0.29) is 5.91 Å². The molecule has 5 rings (SSSR count). The number of hydrogen-bond donors (Lipinski definition) is 1. The van der Waals surface area contributed by atoms with Gasteiger partial charge < -0.3 is 5.32 Å². The minimum atomic E-state index is 0.0706. The Hall–Kier alpha value is -3.47. The second kappa shape index (κ2) is 5.81. The van der Waals surface area contributed by atoms with Crippen molar-refractivity contribution >= 4 is 22.6 Å². The highest BCUT2D eigenvalue weighted by Crippen LogP contribution is 2.32. The molecule has 5 nitrogen and oxygen atoms in total. The van der Waals surface area contributed by atoms with Crippen LogP contribution in [-0.2, 0) is 11.2 Å². The number of amides is 1. The van der Waals surface area contributed by atoms with Crippen molar-refractivity contribution in [2.75, 3.05) is 5.32 Å². The van der Waals surface area contributed by atoms with Crippen LogP contribution >= 0.6 is 0 Å². The van der Waals surface area contributed by atoms with Crippen molar-refractivity contribution in [2.45, 2.75) is 12.8 Å². The van der Waals surface area contributed by atoms with E-state index in [1.54, 1.807) is 6.33 Å². The molecule has 5 heteroatoms. The van der Waals surface area contributed by atoms with Crippen LogP contribution in [0.3, 0.4) is 0 Å². The van der Waals surface area contributed by atoms with E-state index in [2.05, 4.69) is 16.4 Å². The Kier molecular flexibility index (Phi) is 3.31.